The molecule has 2 rings (SSSR count). The average Bonchev–Trinajstić information content (AvgIpc) is 2.98. The molecule has 1 aromatic heterocycles. The molecule has 0 bridgehead atoms. The molecule has 0 spiro atoms. The molecule has 3 nitrogen and oxygen atoms in total. The van der Waals surface area contributed by atoms with Gasteiger partial charge in [-0.05, 0) is 37.3 Å². The molecule has 0 atom stereocenters. The first kappa shape index (κ1) is 9.31. The van der Waals surface area contributed by atoms with Gasteiger partial charge in [-0.15, -0.1) is 0 Å². The molecule has 1 aliphatic rings. The van der Waals surface area contributed by atoms with Crippen molar-refractivity contribution in [1.82, 2.24) is 4.98 Å². The fraction of sp³-hybridized carbons (Fsp3) is 0.545. The zero-order valence-electron chi connectivity index (χ0n) is 8.62. The van der Waals surface area contributed by atoms with Crippen LogP contribution in [0.15, 0.2) is 12.3 Å². The van der Waals surface area contributed by atoms with Crippen molar-refractivity contribution in [2.75, 3.05) is 13.7 Å². The van der Waals surface area contributed by atoms with Crippen LogP contribution in [0.25, 0.3) is 0 Å². The summed E-state index contributed by atoms with van der Waals surface area (Å²) in [5.41, 5.74) is 1.09. The van der Waals surface area contributed by atoms with Gasteiger partial charge in [0.15, 0.2) is 5.75 Å². The van der Waals surface area contributed by atoms with Crippen molar-refractivity contribution in [1.29, 1.82) is 0 Å². The quantitative estimate of drug-likeness (QED) is 0.734. The molecular formula is C11H15NO2. The molecule has 0 unspecified atom stereocenters. The van der Waals surface area contributed by atoms with Crippen molar-refractivity contribution in [3.05, 3.63) is 17.8 Å². The number of ether oxygens (including phenoxy) is 2. The third kappa shape index (κ3) is 2.16. The number of methoxy groups -OCH3 is 1. The molecule has 3 heteroatoms. The first-order valence-corrected chi connectivity index (χ1v) is 4.93. The second-order valence-electron chi connectivity index (χ2n) is 3.77. The summed E-state index contributed by atoms with van der Waals surface area (Å²) >= 11 is 0. The Bertz CT molecular complexity index is 321. The predicted molar refractivity (Wildman–Crippen MR) is 53.7 cm³/mol. The Morgan fingerprint density at radius 2 is 2.29 bits per heavy atom. The van der Waals surface area contributed by atoms with Gasteiger partial charge >= 0.3 is 0 Å². The van der Waals surface area contributed by atoms with Gasteiger partial charge in [0.1, 0.15) is 0 Å². The highest BCUT2D eigenvalue weighted by atomic mass is 16.5. The first-order valence-electron chi connectivity index (χ1n) is 4.93. The Morgan fingerprint density at radius 3 is 2.93 bits per heavy atom. The summed E-state index contributed by atoms with van der Waals surface area (Å²) in [7, 11) is 1.61. The second-order valence-corrected chi connectivity index (χ2v) is 3.77. The van der Waals surface area contributed by atoms with Gasteiger partial charge in [0.2, 0.25) is 0 Å². The van der Waals surface area contributed by atoms with Crippen molar-refractivity contribution in [2.45, 2.75) is 19.8 Å². The van der Waals surface area contributed by atoms with Crippen LogP contribution in [0.2, 0.25) is 0 Å². The molecule has 1 heterocycles. The van der Waals surface area contributed by atoms with E-state index in [9.17, 15) is 0 Å². The molecule has 0 aromatic carbocycles. The second kappa shape index (κ2) is 3.86. The fourth-order valence-electron chi connectivity index (χ4n) is 1.28. The molecule has 0 saturated heterocycles. The third-order valence-electron chi connectivity index (χ3n) is 2.32. The largest absolute Gasteiger partial charge is 0.488 e. The van der Waals surface area contributed by atoms with E-state index in [1.54, 1.807) is 13.3 Å². The molecule has 0 radical (unpaired) electrons. The molecule has 1 aromatic rings. The van der Waals surface area contributed by atoms with E-state index in [0.29, 0.717) is 5.88 Å². The number of aromatic nitrogens is 1. The van der Waals surface area contributed by atoms with Gasteiger partial charge in [-0.3, -0.25) is 0 Å². The number of nitrogens with zero attached hydrogens (tertiary/aromatic N) is 1. The molecule has 76 valence electrons. The molecule has 1 fully saturated rings. The van der Waals surface area contributed by atoms with Crippen molar-refractivity contribution >= 4 is 0 Å². The molecule has 0 N–H and O–H groups in total. The van der Waals surface area contributed by atoms with Gasteiger partial charge in [0, 0.05) is 6.20 Å². The van der Waals surface area contributed by atoms with Crippen LogP contribution in [-0.2, 0) is 0 Å². The fourth-order valence-corrected chi connectivity index (χ4v) is 1.28. The number of hydrogen-bond donors (Lipinski definition) is 0. The Morgan fingerprint density at radius 1 is 1.50 bits per heavy atom. The molecule has 0 aliphatic heterocycles. The minimum atomic E-state index is 0.580. The van der Waals surface area contributed by atoms with Crippen molar-refractivity contribution < 1.29 is 9.47 Å². The van der Waals surface area contributed by atoms with Gasteiger partial charge in [0.25, 0.3) is 5.88 Å². The highest BCUT2D eigenvalue weighted by Gasteiger charge is 2.22. The normalized spacial score (nSPS) is 15.3. The predicted octanol–water partition coefficient (Wildman–Crippen LogP) is 2.19. The first-order chi connectivity index (χ1) is 6.79. The summed E-state index contributed by atoms with van der Waals surface area (Å²) in [4.78, 5) is 4.15. The standard InChI is InChI=1S/C11H15NO2/c1-8-5-10(11(13-2)12-6-8)14-7-9-3-4-9/h5-6,9H,3-4,7H2,1-2H3. The smallest absolute Gasteiger partial charge is 0.256 e. The van der Waals surface area contributed by atoms with Crippen molar-refractivity contribution in [3.63, 3.8) is 0 Å². The summed E-state index contributed by atoms with van der Waals surface area (Å²) in [6.45, 7) is 2.79. The van der Waals surface area contributed by atoms with Gasteiger partial charge in [-0.25, -0.2) is 4.98 Å². The summed E-state index contributed by atoms with van der Waals surface area (Å²) < 4.78 is 10.8. The van der Waals surface area contributed by atoms with E-state index >= 15 is 0 Å². The average molecular weight is 193 g/mol. The molecule has 1 aliphatic carbocycles. The number of aryl methyl sites for hydroxylation is 1. The molecule has 14 heavy (non-hydrogen) atoms. The number of rotatable bonds is 4. The van der Waals surface area contributed by atoms with Crippen LogP contribution >= 0.6 is 0 Å². The highest BCUT2D eigenvalue weighted by Crippen LogP contribution is 2.31. The van der Waals surface area contributed by atoms with Crippen LogP contribution < -0.4 is 9.47 Å². The molecule has 0 amide bonds. The summed E-state index contributed by atoms with van der Waals surface area (Å²) in [6.07, 6.45) is 4.37. The monoisotopic (exact) mass is 193 g/mol. The lowest BCUT2D eigenvalue weighted by Gasteiger charge is -2.09. The van der Waals surface area contributed by atoms with E-state index < -0.39 is 0 Å². The number of pyridine rings is 1. The van der Waals surface area contributed by atoms with E-state index in [1.807, 2.05) is 13.0 Å². The van der Waals surface area contributed by atoms with Crippen molar-refractivity contribution in [3.8, 4) is 11.6 Å². The lowest BCUT2D eigenvalue weighted by molar-refractivity contribution is 0.275. The Kier molecular flexibility index (Phi) is 2.57. The van der Waals surface area contributed by atoms with Gasteiger partial charge < -0.3 is 9.47 Å². The van der Waals surface area contributed by atoms with Crippen LogP contribution in [0.3, 0.4) is 0 Å². The maximum Gasteiger partial charge on any atom is 0.256 e. The minimum Gasteiger partial charge on any atom is -0.488 e. The summed E-state index contributed by atoms with van der Waals surface area (Å²) in [5, 5.41) is 0. The Labute approximate surface area is 84.1 Å². The van der Waals surface area contributed by atoms with E-state index in [0.717, 1.165) is 23.8 Å². The summed E-state index contributed by atoms with van der Waals surface area (Å²) in [6, 6.07) is 1.97. The zero-order chi connectivity index (χ0) is 9.97. The topological polar surface area (TPSA) is 31.4 Å². The van der Waals surface area contributed by atoms with Gasteiger partial charge in [0.05, 0.1) is 13.7 Å². The van der Waals surface area contributed by atoms with Crippen LogP contribution in [0.5, 0.6) is 11.6 Å². The Hall–Kier alpha value is -1.25. The van der Waals surface area contributed by atoms with Crippen LogP contribution in [0.4, 0.5) is 0 Å². The zero-order valence-corrected chi connectivity index (χ0v) is 8.62. The lowest BCUT2D eigenvalue weighted by Crippen LogP contribution is -2.02. The van der Waals surface area contributed by atoms with Gasteiger partial charge in [-0.1, -0.05) is 0 Å². The lowest BCUT2D eigenvalue weighted by atomic mass is 10.3. The van der Waals surface area contributed by atoms with Crippen LogP contribution in [0, 0.1) is 12.8 Å². The molecular weight excluding hydrogens is 178 g/mol. The SMILES string of the molecule is COc1ncc(C)cc1OCC1CC1. The van der Waals surface area contributed by atoms with E-state index in [-0.39, 0.29) is 0 Å². The van der Waals surface area contributed by atoms with Crippen LogP contribution in [-0.4, -0.2) is 18.7 Å². The minimum absolute atomic E-state index is 0.580. The van der Waals surface area contributed by atoms with E-state index in [1.165, 1.54) is 12.8 Å². The summed E-state index contributed by atoms with van der Waals surface area (Å²) in [5.74, 6) is 2.09. The maximum atomic E-state index is 5.65. The Balaban J connectivity index is 2.07. The number of hydrogen-bond acceptors (Lipinski definition) is 3. The maximum absolute atomic E-state index is 5.65. The van der Waals surface area contributed by atoms with E-state index in [4.69, 9.17) is 9.47 Å². The van der Waals surface area contributed by atoms with Crippen LogP contribution in [0.1, 0.15) is 18.4 Å². The van der Waals surface area contributed by atoms with Gasteiger partial charge in [-0.2, -0.15) is 0 Å². The van der Waals surface area contributed by atoms with Crippen molar-refractivity contribution in [2.24, 2.45) is 5.92 Å². The third-order valence-corrected chi connectivity index (χ3v) is 2.32. The highest BCUT2D eigenvalue weighted by molar-refractivity contribution is 5.35. The molecule has 1 saturated carbocycles. The van der Waals surface area contributed by atoms with E-state index in [2.05, 4.69) is 4.98 Å².